The number of hydrogen-bond donors (Lipinski definition) is 0. The predicted molar refractivity (Wildman–Crippen MR) is 64.9 cm³/mol. The number of hydrogen-bond acceptors (Lipinski definition) is 2. The van der Waals surface area contributed by atoms with Crippen LogP contribution in [0, 0.1) is 0 Å². The van der Waals surface area contributed by atoms with E-state index in [0.29, 0.717) is 12.1 Å². The quantitative estimate of drug-likeness (QED) is 0.825. The summed E-state index contributed by atoms with van der Waals surface area (Å²) in [6, 6.07) is 3.18. The Balaban J connectivity index is 2.08. The Hall–Kier alpha value is -0.350. The molecule has 1 fully saturated rings. The number of likely N-dealkylation sites (tertiary alicyclic amines) is 1. The van der Waals surface area contributed by atoms with Gasteiger partial charge in [0, 0.05) is 12.6 Å². The molecule has 0 aliphatic carbocycles. The molecule has 1 saturated heterocycles. The first-order valence-corrected chi connectivity index (χ1v) is 6.41. The molecule has 0 bridgehead atoms. The molecule has 2 rings (SSSR count). The van der Waals surface area contributed by atoms with Gasteiger partial charge in [0.2, 0.25) is 0 Å². The Morgan fingerprint density at radius 1 is 1.53 bits per heavy atom. The molecule has 0 amide bonds. The predicted octanol–water partition coefficient (Wildman–Crippen LogP) is 2.69. The molecule has 4 heteroatoms. The molecule has 0 aromatic carbocycles. The number of aromatic nitrogens is 2. The van der Waals surface area contributed by atoms with Gasteiger partial charge in [0.1, 0.15) is 4.60 Å². The van der Waals surface area contributed by atoms with E-state index in [1.54, 1.807) is 0 Å². The first-order valence-electron chi connectivity index (χ1n) is 5.61. The zero-order valence-corrected chi connectivity index (χ0v) is 10.9. The van der Waals surface area contributed by atoms with Crippen molar-refractivity contribution in [1.29, 1.82) is 0 Å². The average Bonchev–Trinajstić information content (AvgIpc) is 2.64. The third kappa shape index (κ3) is 2.42. The van der Waals surface area contributed by atoms with E-state index in [1.807, 2.05) is 12.3 Å². The maximum atomic E-state index is 4.38. The normalized spacial score (nSPS) is 23.6. The molecular weight excluding hydrogens is 254 g/mol. The zero-order chi connectivity index (χ0) is 10.8. The van der Waals surface area contributed by atoms with Crippen LogP contribution in [0.3, 0.4) is 0 Å². The summed E-state index contributed by atoms with van der Waals surface area (Å²) in [5, 5.41) is 4.38. The van der Waals surface area contributed by atoms with Crippen LogP contribution in [0.5, 0.6) is 0 Å². The maximum absolute atomic E-state index is 4.38. The molecule has 2 heterocycles. The minimum Gasteiger partial charge on any atom is -0.299 e. The lowest BCUT2D eigenvalue weighted by atomic mass is 10.0. The van der Waals surface area contributed by atoms with Crippen molar-refractivity contribution in [3.8, 4) is 0 Å². The lowest BCUT2D eigenvalue weighted by Crippen LogP contribution is -2.41. The smallest absolute Gasteiger partial charge is 0.104 e. The van der Waals surface area contributed by atoms with Gasteiger partial charge in [0.25, 0.3) is 0 Å². The maximum Gasteiger partial charge on any atom is 0.104 e. The van der Waals surface area contributed by atoms with Gasteiger partial charge in [-0.15, -0.1) is 0 Å². The summed E-state index contributed by atoms with van der Waals surface area (Å²) >= 11 is 3.54. The average molecular weight is 272 g/mol. The van der Waals surface area contributed by atoms with E-state index in [-0.39, 0.29) is 0 Å². The molecule has 0 saturated carbocycles. The van der Waals surface area contributed by atoms with Gasteiger partial charge < -0.3 is 0 Å². The molecular formula is C11H18BrN3. The Labute approximate surface area is 99.6 Å². The molecule has 1 aliphatic rings. The first kappa shape index (κ1) is 11.1. The SMILES string of the molecule is CC(C)N1CCCC(n2nccc2Br)C1. The molecule has 3 nitrogen and oxygen atoms in total. The van der Waals surface area contributed by atoms with Crippen molar-refractivity contribution in [2.45, 2.75) is 38.8 Å². The largest absolute Gasteiger partial charge is 0.299 e. The van der Waals surface area contributed by atoms with Crippen LogP contribution in [0.2, 0.25) is 0 Å². The molecule has 0 spiro atoms. The van der Waals surface area contributed by atoms with E-state index in [2.05, 4.69) is 44.5 Å². The van der Waals surface area contributed by atoms with E-state index in [9.17, 15) is 0 Å². The molecule has 0 radical (unpaired) electrons. The first-order chi connectivity index (χ1) is 7.18. The Kier molecular flexibility index (Phi) is 3.46. The molecule has 1 aromatic heterocycles. The Morgan fingerprint density at radius 3 is 2.93 bits per heavy atom. The van der Waals surface area contributed by atoms with Gasteiger partial charge in [-0.1, -0.05) is 0 Å². The minimum atomic E-state index is 0.533. The lowest BCUT2D eigenvalue weighted by Gasteiger charge is -2.35. The Bertz CT molecular complexity index is 321. The second-order valence-electron chi connectivity index (χ2n) is 4.48. The van der Waals surface area contributed by atoms with Crippen LogP contribution < -0.4 is 0 Å². The zero-order valence-electron chi connectivity index (χ0n) is 9.36. The van der Waals surface area contributed by atoms with E-state index in [4.69, 9.17) is 0 Å². The third-order valence-corrected chi connectivity index (χ3v) is 3.75. The highest BCUT2D eigenvalue weighted by Gasteiger charge is 2.23. The molecule has 1 unspecified atom stereocenters. The van der Waals surface area contributed by atoms with Crippen molar-refractivity contribution >= 4 is 15.9 Å². The highest BCUT2D eigenvalue weighted by atomic mass is 79.9. The molecule has 1 atom stereocenters. The molecule has 1 aliphatic heterocycles. The highest BCUT2D eigenvalue weighted by Crippen LogP contribution is 2.25. The van der Waals surface area contributed by atoms with Crippen LogP contribution in [0.1, 0.15) is 32.7 Å². The fourth-order valence-electron chi connectivity index (χ4n) is 2.22. The van der Waals surface area contributed by atoms with Gasteiger partial charge in [-0.05, 0) is 55.2 Å². The highest BCUT2D eigenvalue weighted by molar-refractivity contribution is 9.10. The minimum absolute atomic E-state index is 0.533. The summed E-state index contributed by atoms with van der Waals surface area (Å²) in [5.74, 6) is 0. The standard InChI is InChI=1S/C11H18BrN3/c1-9(2)14-7-3-4-10(8-14)15-11(12)5-6-13-15/h5-6,9-10H,3-4,7-8H2,1-2H3. The van der Waals surface area contributed by atoms with Crippen molar-refractivity contribution in [3.05, 3.63) is 16.9 Å². The van der Waals surface area contributed by atoms with Gasteiger partial charge in [-0.3, -0.25) is 9.58 Å². The number of nitrogens with zero attached hydrogens (tertiary/aromatic N) is 3. The van der Waals surface area contributed by atoms with Gasteiger partial charge in [0.15, 0.2) is 0 Å². The van der Waals surface area contributed by atoms with E-state index >= 15 is 0 Å². The topological polar surface area (TPSA) is 21.1 Å². The summed E-state index contributed by atoms with van der Waals surface area (Å²) in [4.78, 5) is 2.53. The number of piperidine rings is 1. The van der Waals surface area contributed by atoms with E-state index in [1.165, 1.54) is 19.4 Å². The van der Waals surface area contributed by atoms with Crippen molar-refractivity contribution < 1.29 is 0 Å². The van der Waals surface area contributed by atoms with Gasteiger partial charge in [-0.25, -0.2) is 0 Å². The molecule has 1 aromatic rings. The van der Waals surface area contributed by atoms with Crippen molar-refractivity contribution in [3.63, 3.8) is 0 Å². The summed E-state index contributed by atoms with van der Waals surface area (Å²) < 4.78 is 3.20. The summed E-state index contributed by atoms with van der Waals surface area (Å²) in [7, 11) is 0. The molecule has 84 valence electrons. The fraction of sp³-hybridized carbons (Fsp3) is 0.727. The van der Waals surface area contributed by atoms with Crippen LogP contribution in [-0.4, -0.2) is 33.8 Å². The third-order valence-electron chi connectivity index (χ3n) is 3.13. The summed E-state index contributed by atoms with van der Waals surface area (Å²) in [6.45, 7) is 6.88. The van der Waals surface area contributed by atoms with Crippen molar-refractivity contribution in [2.75, 3.05) is 13.1 Å². The Morgan fingerprint density at radius 2 is 2.33 bits per heavy atom. The van der Waals surface area contributed by atoms with Crippen LogP contribution in [0.15, 0.2) is 16.9 Å². The number of rotatable bonds is 2. The van der Waals surface area contributed by atoms with Crippen LogP contribution in [0.4, 0.5) is 0 Å². The van der Waals surface area contributed by atoms with Crippen LogP contribution in [-0.2, 0) is 0 Å². The van der Waals surface area contributed by atoms with Gasteiger partial charge >= 0.3 is 0 Å². The van der Waals surface area contributed by atoms with Gasteiger partial charge in [0.05, 0.1) is 12.2 Å². The molecule has 15 heavy (non-hydrogen) atoms. The van der Waals surface area contributed by atoms with Crippen LogP contribution in [0.25, 0.3) is 0 Å². The van der Waals surface area contributed by atoms with Crippen LogP contribution >= 0.6 is 15.9 Å². The molecule has 0 N–H and O–H groups in total. The lowest BCUT2D eigenvalue weighted by molar-refractivity contribution is 0.136. The summed E-state index contributed by atoms with van der Waals surface area (Å²) in [6.07, 6.45) is 4.37. The summed E-state index contributed by atoms with van der Waals surface area (Å²) in [5.41, 5.74) is 0. The van der Waals surface area contributed by atoms with Gasteiger partial charge in [-0.2, -0.15) is 5.10 Å². The van der Waals surface area contributed by atoms with E-state index < -0.39 is 0 Å². The fourth-order valence-corrected chi connectivity index (χ4v) is 2.72. The number of halogens is 1. The second kappa shape index (κ2) is 4.66. The van der Waals surface area contributed by atoms with E-state index in [0.717, 1.165) is 11.1 Å². The van der Waals surface area contributed by atoms with Crippen molar-refractivity contribution in [1.82, 2.24) is 14.7 Å². The monoisotopic (exact) mass is 271 g/mol. The van der Waals surface area contributed by atoms with Crippen molar-refractivity contribution in [2.24, 2.45) is 0 Å². The second-order valence-corrected chi connectivity index (χ2v) is 5.30.